The Balaban J connectivity index is 2.89. The van der Waals surface area contributed by atoms with Crippen molar-refractivity contribution in [3.8, 4) is 5.75 Å². The maximum atomic E-state index is 11.1. The Labute approximate surface area is 95.5 Å². The molecule has 4 nitrogen and oxygen atoms in total. The Bertz CT molecular complexity index is 363. The summed E-state index contributed by atoms with van der Waals surface area (Å²) in [6, 6.07) is 6.94. The van der Waals surface area contributed by atoms with Crippen molar-refractivity contribution < 1.29 is 14.6 Å². The summed E-state index contributed by atoms with van der Waals surface area (Å²) in [7, 11) is 5.10. The van der Waals surface area contributed by atoms with Crippen molar-refractivity contribution in [2.75, 3.05) is 21.2 Å². The summed E-state index contributed by atoms with van der Waals surface area (Å²) in [4.78, 5) is 12.8. The van der Waals surface area contributed by atoms with Crippen LogP contribution in [0.3, 0.4) is 0 Å². The summed E-state index contributed by atoms with van der Waals surface area (Å²) in [5, 5.41) is 9.09. The summed E-state index contributed by atoms with van der Waals surface area (Å²) < 4.78 is 5.19. The fraction of sp³-hybridized carbons (Fsp3) is 0.417. The molecule has 0 heterocycles. The molecule has 0 unspecified atom stereocenters. The normalized spacial score (nSPS) is 12.5. The SMILES string of the molecule is COc1ccccc1C[C@H](C(=O)O)N(C)C. The molecule has 0 saturated carbocycles. The first-order valence-corrected chi connectivity index (χ1v) is 5.07. The van der Waals surface area contributed by atoms with Crippen molar-refractivity contribution in [2.45, 2.75) is 12.5 Å². The summed E-state index contributed by atoms with van der Waals surface area (Å²) in [6.07, 6.45) is 0.437. The van der Waals surface area contributed by atoms with E-state index in [1.807, 2.05) is 24.3 Å². The highest BCUT2D eigenvalue weighted by atomic mass is 16.5. The molecule has 0 bridgehead atoms. The fourth-order valence-corrected chi connectivity index (χ4v) is 1.57. The number of ether oxygens (including phenoxy) is 1. The molecule has 1 aromatic rings. The number of methoxy groups -OCH3 is 1. The molecule has 0 aliphatic carbocycles. The van der Waals surface area contributed by atoms with E-state index in [1.54, 1.807) is 26.1 Å². The van der Waals surface area contributed by atoms with E-state index in [-0.39, 0.29) is 0 Å². The third kappa shape index (κ3) is 2.97. The number of hydrogen-bond donors (Lipinski definition) is 1. The first kappa shape index (κ1) is 12.5. The second-order valence-electron chi connectivity index (χ2n) is 3.83. The van der Waals surface area contributed by atoms with Gasteiger partial charge in [-0.3, -0.25) is 9.69 Å². The van der Waals surface area contributed by atoms with Gasteiger partial charge in [0, 0.05) is 6.42 Å². The maximum absolute atomic E-state index is 11.1. The quantitative estimate of drug-likeness (QED) is 0.816. The number of hydrogen-bond acceptors (Lipinski definition) is 3. The van der Waals surface area contributed by atoms with Crippen LogP contribution in [0.15, 0.2) is 24.3 Å². The minimum atomic E-state index is -0.823. The number of likely N-dealkylation sites (N-methyl/N-ethyl adjacent to an activating group) is 1. The maximum Gasteiger partial charge on any atom is 0.321 e. The lowest BCUT2D eigenvalue weighted by molar-refractivity contribution is -0.142. The van der Waals surface area contributed by atoms with Crippen LogP contribution in [0.2, 0.25) is 0 Å². The number of para-hydroxylation sites is 1. The summed E-state index contributed by atoms with van der Waals surface area (Å²) in [6.45, 7) is 0. The monoisotopic (exact) mass is 223 g/mol. The highest BCUT2D eigenvalue weighted by Gasteiger charge is 2.21. The predicted molar refractivity (Wildman–Crippen MR) is 61.8 cm³/mol. The number of carbonyl (C=O) groups is 1. The van der Waals surface area contributed by atoms with E-state index in [2.05, 4.69) is 0 Å². The summed E-state index contributed by atoms with van der Waals surface area (Å²) in [5.41, 5.74) is 0.908. The third-order valence-electron chi connectivity index (χ3n) is 2.51. The highest BCUT2D eigenvalue weighted by molar-refractivity contribution is 5.74. The van der Waals surface area contributed by atoms with Crippen LogP contribution in [0.25, 0.3) is 0 Å². The molecule has 1 aromatic carbocycles. The first-order chi connectivity index (χ1) is 7.56. The number of carboxylic acids is 1. The van der Waals surface area contributed by atoms with Crippen LogP contribution in [0.4, 0.5) is 0 Å². The molecule has 16 heavy (non-hydrogen) atoms. The van der Waals surface area contributed by atoms with Crippen LogP contribution in [0, 0.1) is 0 Å². The van der Waals surface area contributed by atoms with Gasteiger partial charge in [0.1, 0.15) is 11.8 Å². The van der Waals surface area contributed by atoms with Gasteiger partial charge in [0.15, 0.2) is 0 Å². The zero-order chi connectivity index (χ0) is 12.1. The van der Waals surface area contributed by atoms with E-state index in [0.717, 1.165) is 11.3 Å². The van der Waals surface area contributed by atoms with Crippen LogP contribution in [-0.2, 0) is 11.2 Å². The van der Waals surface area contributed by atoms with E-state index in [4.69, 9.17) is 9.84 Å². The molecule has 0 aliphatic heterocycles. The second kappa shape index (κ2) is 5.51. The molecule has 1 N–H and O–H groups in total. The van der Waals surface area contributed by atoms with E-state index in [0.29, 0.717) is 6.42 Å². The minimum absolute atomic E-state index is 0.437. The first-order valence-electron chi connectivity index (χ1n) is 5.07. The van der Waals surface area contributed by atoms with Crippen molar-refractivity contribution in [2.24, 2.45) is 0 Å². The van der Waals surface area contributed by atoms with Gasteiger partial charge in [0.25, 0.3) is 0 Å². The topological polar surface area (TPSA) is 49.8 Å². The lowest BCUT2D eigenvalue weighted by atomic mass is 10.0. The van der Waals surface area contributed by atoms with E-state index < -0.39 is 12.0 Å². The molecule has 4 heteroatoms. The Morgan fingerprint density at radius 3 is 2.56 bits per heavy atom. The van der Waals surface area contributed by atoms with Gasteiger partial charge in [-0.2, -0.15) is 0 Å². The van der Waals surface area contributed by atoms with Gasteiger partial charge in [-0.15, -0.1) is 0 Å². The highest BCUT2D eigenvalue weighted by Crippen LogP contribution is 2.20. The van der Waals surface area contributed by atoms with Crippen molar-refractivity contribution in [3.05, 3.63) is 29.8 Å². The van der Waals surface area contributed by atoms with Gasteiger partial charge >= 0.3 is 5.97 Å². The summed E-state index contributed by atoms with van der Waals surface area (Å²) >= 11 is 0. The Morgan fingerprint density at radius 2 is 2.06 bits per heavy atom. The van der Waals surface area contributed by atoms with E-state index in [9.17, 15) is 4.79 Å². The third-order valence-corrected chi connectivity index (χ3v) is 2.51. The van der Waals surface area contributed by atoms with Gasteiger partial charge in [-0.1, -0.05) is 18.2 Å². The molecule has 0 fully saturated rings. The van der Waals surface area contributed by atoms with Crippen molar-refractivity contribution >= 4 is 5.97 Å². The molecule has 1 rings (SSSR count). The Hall–Kier alpha value is -1.55. The number of benzene rings is 1. The molecular formula is C12H17NO3. The molecular weight excluding hydrogens is 206 g/mol. The molecule has 0 radical (unpaired) electrons. The van der Waals surface area contributed by atoms with Gasteiger partial charge in [-0.05, 0) is 25.7 Å². The molecule has 0 amide bonds. The van der Waals surface area contributed by atoms with Crippen molar-refractivity contribution in [3.63, 3.8) is 0 Å². The Morgan fingerprint density at radius 1 is 1.44 bits per heavy atom. The van der Waals surface area contributed by atoms with Crippen LogP contribution in [0.5, 0.6) is 5.75 Å². The van der Waals surface area contributed by atoms with Crippen LogP contribution >= 0.6 is 0 Å². The van der Waals surface area contributed by atoms with Gasteiger partial charge in [0.05, 0.1) is 7.11 Å². The smallest absolute Gasteiger partial charge is 0.321 e. The van der Waals surface area contributed by atoms with Gasteiger partial charge < -0.3 is 9.84 Å². The molecule has 0 aliphatic rings. The van der Waals surface area contributed by atoms with Crippen LogP contribution < -0.4 is 4.74 Å². The number of rotatable bonds is 5. The number of carboxylic acid groups (broad SMARTS) is 1. The van der Waals surface area contributed by atoms with E-state index >= 15 is 0 Å². The van der Waals surface area contributed by atoms with Crippen molar-refractivity contribution in [1.82, 2.24) is 4.90 Å². The lowest BCUT2D eigenvalue weighted by Crippen LogP contribution is -2.37. The number of aliphatic carboxylic acids is 1. The van der Waals surface area contributed by atoms with Crippen LogP contribution in [0.1, 0.15) is 5.56 Å². The predicted octanol–water partition coefficient (Wildman–Crippen LogP) is 1.25. The largest absolute Gasteiger partial charge is 0.496 e. The lowest BCUT2D eigenvalue weighted by Gasteiger charge is -2.20. The molecule has 0 aromatic heterocycles. The van der Waals surface area contributed by atoms with Gasteiger partial charge in [-0.25, -0.2) is 0 Å². The van der Waals surface area contributed by atoms with Crippen molar-refractivity contribution in [1.29, 1.82) is 0 Å². The average Bonchev–Trinajstić information content (AvgIpc) is 2.25. The number of nitrogens with zero attached hydrogens (tertiary/aromatic N) is 1. The Kier molecular flexibility index (Phi) is 4.31. The molecule has 1 atom stereocenters. The molecule has 88 valence electrons. The van der Waals surface area contributed by atoms with Gasteiger partial charge in [0.2, 0.25) is 0 Å². The minimum Gasteiger partial charge on any atom is -0.496 e. The molecule has 0 saturated heterocycles. The molecule has 0 spiro atoms. The second-order valence-corrected chi connectivity index (χ2v) is 3.83. The average molecular weight is 223 g/mol. The van der Waals surface area contributed by atoms with E-state index in [1.165, 1.54) is 0 Å². The standard InChI is InChI=1S/C12H17NO3/c1-13(2)10(12(14)15)8-9-6-4-5-7-11(9)16-3/h4-7,10H,8H2,1-3H3,(H,14,15)/t10-/m1/s1. The van der Waals surface area contributed by atoms with Crippen LogP contribution in [-0.4, -0.2) is 43.2 Å². The zero-order valence-electron chi connectivity index (χ0n) is 9.80. The zero-order valence-corrected chi connectivity index (χ0v) is 9.80. The fourth-order valence-electron chi connectivity index (χ4n) is 1.57. The summed E-state index contributed by atoms with van der Waals surface area (Å²) in [5.74, 6) is -0.0912.